The second kappa shape index (κ2) is 11.8. The summed E-state index contributed by atoms with van der Waals surface area (Å²) in [5.74, 6) is 1.04. The molecule has 3 fully saturated rings. The van der Waals surface area contributed by atoms with Crippen LogP contribution in [0.15, 0.2) is 4.79 Å². The molecule has 1 aromatic rings. The minimum atomic E-state index is -0.701. The van der Waals surface area contributed by atoms with Crippen LogP contribution in [-0.4, -0.2) is 86.8 Å². The lowest BCUT2D eigenvalue weighted by molar-refractivity contribution is -0.142. The van der Waals surface area contributed by atoms with Gasteiger partial charge in [0.15, 0.2) is 0 Å². The summed E-state index contributed by atoms with van der Waals surface area (Å²) < 4.78 is 8.37. The van der Waals surface area contributed by atoms with Gasteiger partial charge in [-0.2, -0.15) is 11.8 Å². The SMILES string of the molecule is Cc1nc2c(c(=O)n1CCOC1CCC(Cl)CC1C1CC(C)NC3C(C(=O)O)CSC13)CC(N(C)C)CC2. The van der Waals surface area contributed by atoms with Crippen LogP contribution in [0.4, 0.5) is 0 Å². The third-order valence-electron chi connectivity index (χ3n) is 9.49. The number of halogens is 1. The van der Waals surface area contributed by atoms with Crippen LogP contribution >= 0.6 is 23.4 Å². The molecule has 38 heavy (non-hydrogen) atoms. The van der Waals surface area contributed by atoms with Gasteiger partial charge >= 0.3 is 5.97 Å². The topological polar surface area (TPSA) is 96.7 Å². The van der Waals surface area contributed by atoms with Gasteiger partial charge in [0.1, 0.15) is 5.82 Å². The summed E-state index contributed by atoms with van der Waals surface area (Å²) in [4.78, 5) is 32.4. The number of carboxylic acids is 1. The number of fused-ring (bicyclic) bond motifs is 2. The number of likely N-dealkylation sites (N-methyl/N-ethyl adjacent to an activating group) is 1. The molecule has 3 heterocycles. The van der Waals surface area contributed by atoms with E-state index in [4.69, 9.17) is 21.3 Å². The van der Waals surface area contributed by atoms with Crippen LogP contribution in [0.1, 0.15) is 56.1 Å². The number of nitrogens with zero attached hydrogens (tertiary/aromatic N) is 3. The minimum Gasteiger partial charge on any atom is -0.481 e. The highest BCUT2D eigenvalue weighted by Gasteiger charge is 2.51. The highest BCUT2D eigenvalue weighted by atomic mass is 35.5. The van der Waals surface area contributed by atoms with Crippen molar-refractivity contribution in [3.8, 4) is 0 Å². The lowest BCUT2D eigenvalue weighted by Crippen LogP contribution is -2.57. The molecule has 1 saturated carbocycles. The number of ether oxygens (including phenoxy) is 1. The summed E-state index contributed by atoms with van der Waals surface area (Å²) in [5, 5.41) is 13.8. The first-order chi connectivity index (χ1) is 18.1. The van der Waals surface area contributed by atoms with Crippen molar-refractivity contribution >= 4 is 29.3 Å². The number of thioether (sulfide) groups is 1. The van der Waals surface area contributed by atoms with Crippen molar-refractivity contribution in [1.82, 2.24) is 19.8 Å². The van der Waals surface area contributed by atoms with Gasteiger partial charge in [0.05, 0.1) is 30.9 Å². The fourth-order valence-electron chi connectivity index (χ4n) is 7.42. The largest absolute Gasteiger partial charge is 0.481 e. The number of aryl methyl sites for hydroxylation is 2. The molecule has 0 bridgehead atoms. The molecule has 2 N–H and O–H groups in total. The van der Waals surface area contributed by atoms with Crippen molar-refractivity contribution in [2.45, 2.75) is 100 Å². The molecule has 5 rings (SSSR count). The van der Waals surface area contributed by atoms with Crippen LogP contribution in [0.3, 0.4) is 0 Å². The third-order valence-corrected chi connectivity index (χ3v) is 11.5. The van der Waals surface area contributed by atoms with Gasteiger partial charge in [-0.05, 0) is 84.7 Å². The van der Waals surface area contributed by atoms with Crippen LogP contribution in [0.5, 0.6) is 0 Å². The van der Waals surface area contributed by atoms with Crippen LogP contribution in [-0.2, 0) is 28.9 Å². The molecular formula is C28H43ClN4O4S. The molecule has 2 aliphatic carbocycles. The maximum absolute atomic E-state index is 13.5. The Bertz CT molecular complexity index is 1080. The number of hydrogen-bond acceptors (Lipinski definition) is 7. The first-order valence-electron chi connectivity index (χ1n) is 14.3. The Labute approximate surface area is 235 Å². The normalized spacial score (nSPS) is 37.2. The number of carbonyl (C=O) groups is 1. The number of aromatic nitrogens is 2. The van der Waals surface area contributed by atoms with E-state index in [1.165, 1.54) is 0 Å². The molecule has 10 heteroatoms. The van der Waals surface area contributed by atoms with Crippen LogP contribution in [0.2, 0.25) is 0 Å². The molecule has 0 amide bonds. The summed E-state index contributed by atoms with van der Waals surface area (Å²) in [5.41, 5.74) is 1.91. The molecule has 2 saturated heterocycles. The highest BCUT2D eigenvalue weighted by molar-refractivity contribution is 8.00. The fourth-order valence-corrected chi connectivity index (χ4v) is 9.57. The maximum Gasteiger partial charge on any atom is 0.308 e. The number of nitrogens with one attached hydrogen (secondary N) is 1. The van der Waals surface area contributed by atoms with Crippen molar-refractivity contribution in [3.63, 3.8) is 0 Å². The third kappa shape index (κ3) is 5.69. The Hall–Kier alpha value is -1.13. The predicted octanol–water partition coefficient (Wildman–Crippen LogP) is 2.95. The minimum absolute atomic E-state index is 0.00334. The average Bonchev–Trinajstić information content (AvgIpc) is 3.30. The zero-order valence-corrected chi connectivity index (χ0v) is 24.6. The van der Waals surface area contributed by atoms with Gasteiger partial charge < -0.3 is 20.1 Å². The first-order valence-corrected chi connectivity index (χ1v) is 15.7. The van der Waals surface area contributed by atoms with E-state index in [0.29, 0.717) is 36.8 Å². The van der Waals surface area contributed by atoms with Crippen molar-refractivity contribution in [2.24, 2.45) is 17.8 Å². The monoisotopic (exact) mass is 566 g/mol. The van der Waals surface area contributed by atoms with Gasteiger partial charge in [-0.15, -0.1) is 11.6 Å². The fraction of sp³-hybridized carbons (Fsp3) is 0.821. The second-order valence-electron chi connectivity index (χ2n) is 12.1. The van der Waals surface area contributed by atoms with Gasteiger partial charge in [0, 0.05) is 40.1 Å². The summed E-state index contributed by atoms with van der Waals surface area (Å²) in [7, 11) is 4.15. The predicted molar refractivity (Wildman–Crippen MR) is 151 cm³/mol. The highest BCUT2D eigenvalue weighted by Crippen LogP contribution is 2.48. The smallest absolute Gasteiger partial charge is 0.308 e. The van der Waals surface area contributed by atoms with Crippen molar-refractivity contribution in [2.75, 3.05) is 26.5 Å². The standard InChI is InChI=1S/C28H43ClN4O4S/c1-15-11-20(26-25(30-15)22(14-38-26)28(35)36)19-12-17(29)5-8-24(19)37-10-9-33-16(2)31-23-7-6-18(32(3)4)13-21(23)27(33)34/h15,17-20,22,24-26,30H,5-14H2,1-4H3,(H,35,36). The van der Waals surface area contributed by atoms with Crippen molar-refractivity contribution < 1.29 is 14.6 Å². The Morgan fingerprint density at radius 1 is 1.26 bits per heavy atom. The quantitative estimate of drug-likeness (QED) is 0.486. The summed E-state index contributed by atoms with van der Waals surface area (Å²) in [6.45, 7) is 5.05. The number of carboxylic acid groups (broad SMARTS) is 1. The summed E-state index contributed by atoms with van der Waals surface area (Å²) in [6, 6.07) is 0.643. The Balaban J connectivity index is 1.29. The second-order valence-corrected chi connectivity index (χ2v) is 13.9. The van der Waals surface area contributed by atoms with E-state index >= 15 is 0 Å². The molecule has 9 atom stereocenters. The van der Waals surface area contributed by atoms with Gasteiger partial charge in [-0.3, -0.25) is 14.2 Å². The number of alkyl halides is 1. The van der Waals surface area contributed by atoms with E-state index in [-0.39, 0.29) is 40.3 Å². The van der Waals surface area contributed by atoms with Gasteiger partial charge in [0.2, 0.25) is 0 Å². The molecule has 0 spiro atoms. The van der Waals surface area contributed by atoms with E-state index in [0.717, 1.165) is 62.0 Å². The molecule has 4 aliphatic rings. The molecule has 9 unspecified atom stereocenters. The average molecular weight is 567 g/mol. The number of aliphatic carboxylic acids is 1. The molecule has 212 valence electrons. The lowest BCUT2D eigenvalue weighted by Gasteiger charge is -2.47. The van der Waals surface area contributed by atoms with Gasteiger partial charge in [0.25, 0.3) is 5.56 Å². The van der Waals surface area contributed by atoms with Crippen molar-refractivity contribution in [1.29, 1.82) is 0 Å². The molecule has 0 aromatic carbocycles. The van der Waals surface area contributed by atoms with Crippen molar-refractivity contribution in [3.05, 3.63) is 27.4 Å². The Morgan fingerprint density at radius 3 is 2.79 bits per heavy atom. The molecular weight excluding hydrogens is 524 g/mol. The first kappa shape index (κ1) is 28.4. The zero-order chi connectivity index (χ0) is 27.1. The van der Waals surface area contributed by atoms with Crippen LogP contribution in [0.25, 0.3) is 0 Å². The molecule has 8 nitrogen and oxygen atoms in total. The van der Waals surface area contributed by atoms with Crippen LogP contribution in [0, 0.1) is 24.7 Å². The van der Waals surface area contributed by atoms with Gasteiger partial charge in [-0.25, -0.2) is 4.98 Å². The number of hydrogen-bond donors (Lipinski definition) is 2. The van der Waals surface area contributed by atoms with E-state index in [2.05, 4.69) is 31.2 Å². The number of rotatable bonds is 7. The Kier molecular flexibility index (Phi) is 8.80. The molecule has 0 radical (unpaired) electrons. The van der Waals surface area contributed by atoms with Gasteiger partial charge in [-0.1, -0.05) is 0 Å². The zero-order valence-electron chi connectivity index (χ0n) is 23.1. The number of piperidine rings is 1. The van der Waals surface area contributed by atoms with E-state index in [9.17, 15) is 14.7 Å². The Morgan fingerprint density at radius 2 is 2.05 bits per heavy atom. The molecule has 1 aromatic heterocycles. The maximum atomic E-state index is 13.5. The lowest BCUT2D eigenvalue weighted by atomic mass is 9.70. The van der Waals surface area contributed by atoms with E-state index < -0.39 is 5.97 Å². The van der Waals surface area contributed by atoms with E-state index in [1.54, 1.807) is 4.57 Å². The summed E-state index contributed by atoms with van der Waals surface area (Å²) in [6.07, 6.45) is 6.45. The van der Waals surface area contributed by atoms with Crippen LogP contribution < -0.4 is 10.9 Å². The summed E-state index contributed by atoms with van der Waals surface area (Å²) >= 11 is 8.51. The molecule has 2 aliphatic heterocycles. The van der Waals surface area contributed by atoms with E-state index in [1.807, 2.05) is 18.7 Å².